The van der Waals surface area contributed by atoms with Crippen molar-refractivity contribution in [2.24, 2.45) is 0 Å². The van der Waals surface area contributed by atoms with Gasteiger partial charge in [0, 0.05) is 18.5 Å². The van der Waals surface area contributed by atoms with Gasteiger partial charge in [-0.15, -0.1) is 0 Å². The molecule has 98 valence electrons. The molecule has 1 atom stereocenters. The van der Waals surface area contributed by atoms with E-state index >= 15 is 0 Å². The fourth-order valence-corrected chi connectivity index (χ4v) is 2.37. The minimum atomic E-state index is -0.836. The first-order valence-corrected chi connectivity index (χ1v) is 6.08. The van der Waals surface area contributed by atoms with Gasteiger partial charge < -0.3 is 11.1 Å². The third-order valence-electron chi connectivity index (χ3n) is 3.43. The number of pyridine rings is 1. The summed E-state index contributed by atoms with van der Waals surface area (Å²) in [6, 6.07) is 8.89. The van der Waals surface area contributed by atoms with E-state index in [1.54, 1.807) is 0 Å². The van der Waals surface area contributed by atoms with Gasteiger partial charge >= 0.3 is 0 Å². The zero-order valence-electron chi connectivity index (χ0n) is 10.2. The lowest BCUT2D eigenvalue weighted by molar-refractivity contribution is 0.575. The van der Waals surface area contributed by atoms with E-state index in [9.17, 15) is 8.78 Å². The van der Waals surface area contributed by atoms with E-state index in [4.69, 9.17) is 5.73 Å². The first-order valence-electron chi connectivity index (χ1n) is 6.08. The molecule has 1 aliphatic carbocycles. The van der Waals surface area contributed by atoms with Gasteiger partial charge in [-0.25, -0.2) is 13.8 Å². The number of aromatic nitrogens is 1. The van der Waals surface area contributed by atoms with Crippen LogP contribution in [0.2, 0.25) is 0 Å². The second kappa shape index (κ2) is 4.50. The normalized spacial score (nSPS) is 16.6. The molecule has 0 aliphatic heterocycles. The Morgan fingerprint density at radius 1 is 1.26 bits per heavy atom. The first kappa shape index (κ1) is 11.9. The van der Waals surface area contributed by atoms with Gasteiger partial charge in [-0.1, -0.05) is 24.3 Å². The lowest BCUT2D eigenvalue weighted by Crippen LogP contribution is -2.25. The number of hydrogen-bond donors (Lipinski definition) is 2. The van der Waals surface area contributed by atoms with Crippen LogP contribution in [0.15, 0.2) is 30.3 Å². The van der Waals surface area contributed by atoms with Gasteiger partial charge in [0.15, 0.2) is 23.3 Å². The molecular weight excluding hydrogens is 248 g/mol. The highest BCUT2D eigenvalue weighted by atomic mass is 19.1. The molecule has 19 heavy (non-hydrogen) atoms. The number of halogens is 2. The molecule has 0 fully saturated rings. The van der Waals surface area contributed by atoms with Crippen molar-refractivity contribution in [3.63, 3.8) is 0 Å². The molecule has 3 nitrogen and oxygen atoms in total. The van der Waals surface area contributed by atoms with Crippen LogP contribution in [0.5, 0.6) is 0 Å². The van der Waals surface area contributed by atoms with Crippen LogP contribution in [0.25, 0.3) is 0 Å². The monoisotopic (exact) mass is 261 g/mol. The Bertz CT molecular complexity index is 628. The highest BCUT2D eigenvalue weighted by molar-refractivity contribution is 5.47. The third-order valence-corrected chi connectivity index (χ3v) is 3.43. The lowest BCUT2D eigenvalue weighted by atomic mass is 9.77. The Hall–Kier alpha value is -2.17. The molecule has 0 amide bonds. The van der Waals surface area contributed by atoms with E-state index in [2.05, 4.69) is 22.4 Å². The van der Waals surface area contributed by atoms with Crippen LogP contribution in [0.3, 0.4) is 0 Å². The minimum absolute atomic E-state index is 0.00304. The summed E-state index contributed by atoms with van der Waals surface area (Å²) in [7, 11) is 0. The van der Waals surface area contributed by atoms with Gasteiger partial charge in [-0.05, 0) is 17.5 Å². The van der Waals surface area contributed by atoms with E-state index in [0.717, 1.165) is 12.5 Å². The number of nitrogen functional groups attached to an aromatic ring is 1. The van der Waals surface area contributed by atoms with E-state index in [1.807, 2.05) is 12.1 Å². The highest BCUT2D eigenvalue weighted by Gasteiger charge is 2.25. The van der Waals surface area contributed by atoms with Gasteiger partial charge in [0.05, 0.1) is 0 Å². The predicted octanol–water partition coefficient (Wildman–Crippen LogP) is 2.69. The molecule has 1 aliphatic rings. The number of nitrogens with two attached hydrogens (primary N) is 1. The predicted molar refractivity (Wildman–Crippen MR) is 69.9 cm³/mol. The minimum Gasteiger partial charge on any atom is -0.381 e. The number of rotatable bonds is 3. The van der Waals surface area contributed by atoms with Crippen molar-refractivity contribution in [3.8, 4) is 0 Å². The summed E-state index contributed by atoms with van der Waals surface area (Å²) in [6.07, 6.45) is 0.960. The van der Waals surface area contributed by atoms with Crippen molar-refractivity contribution in [1.82, 2.24) is 4.98 Å². The number of nitrogens with zero attached hydrogens (tertiary/aromatic N) is 1. The number of benzene rings is 1. The Kier molecular flexibility index (Phi) is 2.81. The molecule has 1 aromatic carbocycles. The molecule has 1 heterocycles. The molecule has 0 bridgehead atoms. The summed E-state index contributed by atoms with van der Waals surface area (Å²) >= 11 is 0. The van der Waals surface area contributed by atoms with Crippen LogP contribution in [0.4, 0.5) is 20.4 Å². The molecule has 1 unspecified atom stereocenters. The van der Waals surface area contributed by atoms with E-state index < -0.39 is 11.6 Å². The van der Waals surface area contributed by atoms with E-state index in [0.29, 0.717) is 12.5 Å². The SMILES string of the molecule is Nc1nc(NCC2Cc3ccccc32)c(F)cc1F. The van der Waals surface area contributed by atoms with Crippen molar-refractivity contribution in [2.45, 2.75) is 12.3 Å². The average Bonchev–Trinajstić information content (AvgIpc) is 2.36. The quantitative estimate of drug-likeness (QED) is 0.893. The van der Waals surface area contributed by atoms with Gasteiger partial charge in [0.1, 0.15) is 0 Å². The van der Waals surface area contributed by atoms with Crippen molar-refractivity contribution >= 4 is 11.6 Å². The maximum absolute atomic E-state index is 13.5. The number of hydrogen-bond acceptors (Lipinski definition) is 3. The van der Waals surface area contributed by atoms with Crippen LogP contribution in [-0.2, 0) is 6.42 Å². The van der Waals surface area contributed by atoms with Gasteiger partial charge in [0.25, 0.3) is 0 Å². The van der Waals surface area contributed by atoms with Crippen LogP contribution in [0, 0.1) is 11.6 Å². The molecule has 3 N–H and O–H groups in total. The number of anilines is 2. The summed E-state index contributed by atoms with van der Waals surface area (Å²) in [5.41, 5.74) is 7.92. The topological polar surface area (TPSA) is 50.9 Å². The molecular formula is C14H13F2N3. The van der Waals surface area contributed by atoms with Crippen molar-refractivity contribution < 1.29 is 8.78 Å². The molecule has 1 aromatic heterocycles. The van der Waals surface area contributed by atoms with Crippen molar-refractivity contribution in [3.05, 3.63) is 53.1 Å². The highest BCUT2D eigenvalue weighted by Crippen LogP contribution is 2.34. The zero-order valence-corrected chi connectivity index (χ0v) is 10.2. The molecule has 0 radical (unpaired) electrons. The Morgan fingerprint density at radius 2 is 2.05 bits per heavy atom. The van der Waals surface area contributed by atoms with Crippen LogP contribution < -0.4 is 11.1 Å². The van der Waals surface area contributed by atoms with Crippen molar-refractivity contribution in [2.75, 3.05) is 17.6 Å². The smallest absolute Gasteiger partial charge is 0.168 e. The lowest BCUT2D eigenvalue weighted by Gasteiger charge is -2.30. The molecule has 0 spiro atoms. The second-order valence-electron chi connectivity index (χ2n) is 4.67. The van der Waals surface area contributed by atoms with Gasteiger partial charge in [-0.2, -0.15) is 0 Å². The third kappa shape index (κ3) is 2.12. The maximum Gasteiger partial charge on any atom is 0.168 e. The number of fused-ring (bicyclic) bond motifs is 1. The Morgan fingerprint density at radius 3 is 2.84 bits per heavy atom. The van der Waals surface area contributed by atoms with E-state index in [-0.39, 0.29) is 11.6 Å². The van der Waals surface area contributed by atoms with Crippen LogP contribution in [-0.4, -0.2) is 11.5 Å². The van der Waals surface area contributed by atoms with Crippen molar-refractivity contribution in [1.29, 1.82) is 0 Å². The standard InChI is InChI=1S/C14H13F2N3/c15-11-6-12(16)14(19-13(11)17)18-7-9-5-8-3-1-2-4-10(8)9/h1-4,6,9H,5,7H2,(H3,17,18,19). The fraction of sp³-hybridized carbons (Fsp3) is 0.214. The zero-order chi connectivity index (χ0) is 13.4. The van der Waals surface area contributed by atoms with E-state index in [1.165, 1.54) is 11.1 Å². The van der Waals surface area contributed by atoms with Crippen LogP contribution in [0.1, 0.15) is 17.0 Å². The summed E-state index contributed by atoms with van der Waals surface area (Å²) in [6.45, 7) is 0.562. The molecule has 0 saturated carbocycles. The Balaban J connectivity index is 1.70. The number of nitrogens with one attached hydrogen (secondary N) is 1. The maximum atomic E-state index is 13.5. The Labute approximate surface area is 109 Å². The largest absolute Gasteiger partial charge is 0.381 e. The molecule has 2 aromatic rings. The summed E-state index contributed by atoms with van der Waals surface area (Å²) in [5.74, 6) is -1.51. The summed E-state index contributed by atoms with van der Waals surface area (Å²) < 4.78 is 26.5. The fourth-order valence-electron chi connectivity index (χ4n) is 2.37. The van der Waals surface area contributed by atoms with Crippen LogP contribution >= 0.6 is 0 Å². The summed E-state index contributed by atoms with van der Waals surface area (Å²) in [4.78, 5) is 3.68. The molecule has 0 saturated heterocycles. The van der Waals surface area contributed by atoms with Gasteiger partial charge in [-0.3, -0.25) is 0 Å². The first-order chi connectivity index (χ1) is 9.15. The summed E-state index contributed by atoms with van der Waals surface area (Å²) in [5, 5.41) is 2.89. The van der Waals surface area contributed by atoms with Gasteiger partial charge in [0.2, 0.25) is 0 Å². The second-order valence-corrected chi connectivity index (χ2v) is 4.67. The average molecular weight is 261 g/mol. The molecule has 5 heteroatoms. The molecule has 3 rings (SSSR count).